The van der Waals surface area contributed by atoms with Gasteiger partial charge in [-0.25, -0.2) is 8.78 Å². The lowest BCUT2D eigenvalue weighted by Crippen LogP contribution is -2.41. The molecule has 0 aliphatic carbocycles. The Labute approximate surface area is 126 Å². The fourth-order valence-electron chi connectivity index (χ4n) is 2.97. The minimum Gasteiger partial charge on any atom is -0.373 e. The SMILES string of the molecule is C[C@@H]1Cc2c(C(=O)N3CCOCC(F)(F)C3)n[nH]c2[C@H](C)O1. The molecule has 0 unspecified atom stereocenters. The highest BCUT2D eigenvalue weighted by Crippen LogP contribution is 2.31. The number of nitrogens with one attached hydrogen (secondary N) is 1. The quantitative estimate of drug-likeness (QED) is 0.853. The average Bonchev–Trinajstić information content (AvgIpc) is 2.76. The molecule has 6 nitrogen and oxygen atoms in total. The molecule has 8 heteroatoms. The molecular formula is C14H19F2N3O3. The number of halogens is 2. The van der Waals surface area contributed by atoms with Crippen molar-refractivity contribution >= 4 is 5.91 Å². The van der Waals surface area contributed by atoms with E-state index >= 15 is 0 Å². The number of alkyl halides is 2. The molecule has 0 bridgehead atoms. The van der Waals surface area contributed by atoms with Crippen LogP contribution in [0.1, 0.15) is 41.7 Å². The second-order valence-corrected chi connectivity index (χ2v) is 5.89. The molecule has 3 heterocycles. The fourth-order valence-corrected chi connectivity index (χ4v) is 2.97. The maximum atomic E-state index is 13.6. The molecule has 1 aromatic rings. The zero-order chi connectivity index (χ0) is 15.9. The summed E-state index contributed by atoms with van der Waals surface area (Å²) in [5.74, 6) is -3.52. The van der Waals surface area contributed by atoms with E-state index in [4.69, 9.17) is 9.47 Å². The van der Waals surface area contributed by atoms with E-state index in [-0.39, 0.29) is 31.1 Å². The molecule has 1 N–H and O–H groups in total. The topological polar surface area (TPSA) is 67.5 Å². The van der Waals surface area contributed by atoms with Gasteiger partial charge in [-0.15, -0.1) is 0 Å². The number of fused-ring (bicyclic) bond motifs is 1. The number of aromatic nitrogens is 2. The number of rotatable bonds is 1. The molecule has 2 aliphatic rings. The first kappa shape index (κ1) is 15.4. The number of amides is 1. The van der Waals surface area contributed by atoms with Crippen LogP contribution in [0.25, 0.3) is 0 Å². The van der Waals surface area contributed by atoms with Crippen LogP contribution in [-0.2, 0) is 15.9 Å². The summed E-state index contributed by atoms with van der Waals surface area (Å²) in [5.41, 5.74) is 1.73. The van der Waals surface area contributed by atoms with Gasteiger partial charge in [0.15, 0.2) is 5.69 Å². The molecule has 22 heavy (non-hydrogen) atoms. The van der Waals surface area contributed by atoms with Crippen molar-refractivity contribution in [2.75, 3.05) is 26.3 Å². The number of aromatic amines is 1. The lowest BCUT2D eigenvalue weighted by molar-refractivity contribution is -0.0661. The standard InChI is InChI=1S/C14H19F2N3O3/c1-8-5-10-11(9(2)22-8)17-18-12(10)13(20)19-3-4-21-7-14(15,16)6-19/h8-9H,3-7H2,1-2H3,(H,17,18)/t8-,9+/m1/s1. The maximum Gasteiger partial charge on any atom is 0.288 e. The van der Waals surface area contributed by atoms with E-state index in [0.717, 1.165) is 16.2 Å². The maximum absolute atomic E-state index is 13.6. The Hall–Kier alpha value is -1.54. The van der Waals surface area contributed by atoms with Gasteiger partial charge in [-0.2, -0.15) is 5.10 Å². The van der Waals surface area contributed by atoms with Crippen molar-refractivity contribution in [2.45, 2.75) is 38.4 Å². The van der Waals surface area contributed by atoms with Crippen molar-refractivity contribution < 1.29 is 23.0 Å². The van der Waals surface area contributed by atoms with Crippen LogP contribution in [0.2, 0.25) is 0 Å². The summed E-state index contributed by atoms with van der Waals surface area (Å²) in [6, 6.07) is 0. The molecule has 1 fully saturated rings. The second kappa shape index (κ2) is 5.58. The van der Waals surface area contributed by atoms with Gasteiger partial charge in [-0.3, -0.25) is 9.89 Å². The summed E-state index contributed by atoms with van der Waals surface area (Å²) in [6.45, 7) is 2.72. The van der Waals surface area contributed by atoms with Crippen molar-refractivity contribution in [2.24, 2.45) is 0 Å². The number of hydrogen-bond acceptors (Lipinski definition) is 4. The molecule has 122 valence electrons. The number of carbonyl (C=O) groups excluding carboxylic acids is 1. The van der Waals surface area contributed by atoms with E-state index in [0.29, 0.717) is 6.42 Å². The Balaban J connectivity index is 1.86. The van der Waals surface area contributed by atoms with Gasteiger partial charge in [0.25, 0.3) is 11.8 Å². The predicted octanol–water partition coefficient (Wildman–Crippen LogP) is 1.54. The van der Waals surface area contributed by atoms with Gasteiger partial charge in [0.1, 0.15) is 6.61 Å². The summed E-state index contributed by atoms with van der Waals surface area (Å²) in [4.78, 5) is 13.7. The lowest BCUT2D eigenvalue weighted by Gasteiger charge is -2.26. The van der Waals surface area contributed by atoms with Gasteiger partial charge >= 0.3 is 0 Å². The Kier molecular flexibility index (Phi) is 3.90. The minimum atomic E-state index is -3.04. The van der Waals surface area contributed by atoms with Crippen LogP contribution < -0.4 is 0 Å². The normalized spacial score (nSPS) is 28.1. The first-order chi connectivity index (χ1) is 10.4. The van der Waals surface area contributed by atoms with E-state index in [1.165, 1.54) is 0 Å². The largest absolute Gasteiger partial charge is 0.373 e. The van der Waals surface area contributed by atoms with Crippen molar-refractivity contribution in [3.05, 3.63) is 17.0 Å². The molecule has 0 radical (unpaired) electrons. The fraction of sp³-hybridized carbons (Fsp3) is 0.714. The molecule has 1 amide bonds. The van der Waals surface area contributed by atoms with Gasteiger partial charge in [0.2, 0.25) is 0 Å². The van der Waals surface area contributed by atoms with E-state index in [1.807, 2.05) is 13.8 Å². The third-order valence-electron chi connectivity index (χ3n) is 3.96. The minimum absolute atomic E-state index is 0.0412. The van der Waals surface area contributed by atoms with E-state index in [1.54, 1.807) is 0 Å². The Bertz CT molecular complexity index is 576. The van der Waals surface area contributed by atoms with Gasteiger partial charge in [0.05, 0.1) is 31.1 Å². The third-order valence-corrected chi connectivity index (χ3v) is 3.96. The molecule has 2 atom stereocenters. The molecule has 1 aromatic heterocycles. The summed E-state index contributed by atoms with van der Waals surface area (Å²) >= 11 is 0. The van der Waals surface area contributed by atoms with Crippen LogP contribution in [0.5, 0.6) is 0 Å². The van der Waals surface area contributed by atoms with Crippen LogP contribution in [0, 0.1) is 0 Å². The summed E-state index contributed by atoms with van der Waals surface area (Å²) in [7, 11) is 0. The summed E-state index contributed by atoms with van der Waals surface area (Å²) in [5, 5.41) is 6.87. The van der Waals surface area contributed by atoms with E-state index in [2.05, 4.69) is 10.2 Å². The van der Waals surface area contributed by atoms with Gasteiger partial charge in [-0.05, 0) is 13.8 Å². The Morgan fingerprint density at radius 2 is 2.23 bits per heavy atom. The van der Waals surface area contributed by atoms with Crippen molar-refractivity contribution in [3.8, 4) is 0 Å². The molecule has 1 saturated heterocycles. The van der Waals surface area contributed by atoms with Crippen LogP contribution in [-0.4, -0.2) is 59.3 Å². The highest BCUT2D eigenvalue weighted by atomic mass is 19.3. The molecule has 3 rings (SSSR count). The van der Waals surface area contributed by atoms with Crippen LogP contribution in [0.4, 0.5) is 8.78 Å². The van der Waals surface area contributed by atoms with Crippen LogP contribution in [0.15, 0.2) is 0 Å². The summed E-state index contributed by atoms with van der Waals surface area (Å²) in [6.07, 6.45) is 0.306. The highest BCUT2D eigenvalue weighted by Gasteiger charge is 2.38. The monoisotopic (exact) mass is 315 g/mol. The molecule has 2 aliphatic heterocycles. The average molecular weight is 315 g/mol. The van der Waals surface area contributed by atoms with E-state index in [9.17, 15) is 13.6 Å². The molecular weight excluding hydrogens is 296 g/mol. The van der Waals surface area contributed by atoms with Crippen molar-refractivity contribution in [3.63, 3.8) is 0 Å². The first-order valence-electron chi connectivity index (χ1n) is 7.35. The van der Waals surface area contributed by atoms with Crippen molar-refractivity contribution in [1.82, 2.24) is 15.1 Å². The van der Waals surface area contributed by atoms with Crippen LogP contribution in [0.3, 0.4) is 0 Å². The van der Waals surface area contributed by atoms with Gasteiger partial charge in [0, 0.05) is 18.5 Å². The Morgan fingerprint density at radius 1 is 1.45 bits per heavy atom. The highest BCUT2D eigenvalue weighted by molar-refractivity contribution is 5.94. The molecule has 0 spiro atoms. The Morgan fingerprint density at radius 3 is 3.00 bits per heavy atom. The van der Waals surface area contributed by atoms with E-state index < -0.39 is 25.0 Å². The predicted molar refractivity (Wildman–Crippen MR) is 72.9 cm³/mol. The smallest absolute Gasteiger partial charge is 0.288 e. The third kappa shape index (κ3) is 2.85. The van der Waals surface area contributed by atoms with Gasteiger partial charge < -0.3 is 14.4 Å². The number of carbonyl (C=O) groups is 1. The zero-order valence-electron chi connectivity index (χ0n) is 12.6. The molecule has 0 saturated carbocycles. The number of H-pyrrole nitrogens is 1. The van der Waals surface area contributed by atoms with Crippen molar-refractivity contribution in [1.29, 1.82) is 0 Å². The zero-order valence-corrected chi connectivity index (χ0v) is 12.6. The number of nitrogens with zero attached hydrogens (tertiary/aromatic N) is 2. The second-order valence-electron chi connectivity index (χ2n) is 5.89. The first-order valence-corrected chi connectivity index (χ1v) is 7.35. The summed E-state index contributed by atoms with van der Waals surface area (Å²) < 4.78 is 37.8. The molecule has 0 aromatic carbocycles. The number of hydrogen-bond donors (Lipinski definition) is 1. The van der Waals surface area contributed by atoms with Crippen LogP contribution >= 0.6 is 0 Å². The lowest BCUT2D eigenvalue weighted by atomic mass is 9.99. The number of ether oxygens (including phenoxy) is 2. The van der Waals surface area contributed by atoms with Gasteiger partial charge in [-0.1, -0.05) is 0 Å².